The van der Waals surface area contributed by atoms with Crippen molar-refractivity contribution in [2.45, 2.75) is 23.9 Å². The number of carbonyl (C=O) groups excluding carboxylic acids is 1. The van der Waals surface area contributed by atoms with E-state index in [4.69, 9.17) is 17.3 Å². The molecular weight excluding hydrogens is 366 g/mol. The van der Waals surface area contributed by atoms with E-state index in [2.05, 4.69) is 15.2 Å². The first kappa shape index (κ1) is 16.9. The molecule has 0 saturated carbocycles. The number of pyridine rings is 1. The molecule has 0 saturated heterocycles. The van der Waals surface area contributed by atoms with Crippen molar-refractivity contribution < 1.29 is 4.79 Å². The second-order valence-electron chi connectivity index (χ2n) is 4.93. The van der Waals surface area contributed by atoms with Gasteiger partial charge in [-0.15, -0.1) is 21.5 Å². The molecule has 3 heterocycles. The number of thiophene rings is 1. The largest absolute Gasteiger partial charge is 0.370 e. The highest BCUT2D eigenvalue weighted by Gasteiger charge is 2.15. The topological polar surface area (TPSA) is 86.7 Å². The molecule has 3 aromatic heterocycles. The van der Waals surface area contributed by atoms with Crippen molar-refractivity contribution >= 4 is 40.6 Å². The zero-order valence-corrected chi connectivity index (χ0v) is 14.9. The van der Waals surface area contributed by atoms with Gasteiger partial charge in [0.15, 0.2) is 11.0 Å². The van der Waals surface area contributed by atoms with Crippen LogP contribution in [0, 0.1) is 0 Å². The maximum atomic E-state index is 11.2. The van der Waals surface area contributed by atoms with E-state index in [0.29, 0.717) is 17.5 Å². The van der Waals surface area contributed by atoms with Gasteiger partial charge in [0.2, 0.25) is 5.91 Å². The SMILES string of the molecule is NC(=O)CCn1c(SCc2ccc(Cl)nc2)nnc1-c1cccs1. The lowest BCUT2D eigenvalue weighted by molar-refractivity contribution is -0.118. The van der Waals surface area contributed by atoms with Gasteiger partial charge >= 0.3 is 0 Å². The highest BCUT2D eigenvalue weighted by Crippen LogP contribution is 2.29. The van der Waals surface area contributed by atoms with Crippen LogP contribution in [0.1, 0.15) is 12.0 Å². The van der Waals surface area contributed by atoms with Crippen LogP contribution in [0.25, 0.3) is 10.7 Å². The molecule has 3 rings (SSSR count). The zero-order chi connectivity index (χ0) is 16.9. The predicted octanol–water partition coefficient (Wildman–Crippen LogP) is 3.22. The van der Waals surface area contributed by atoms with Gasteiger partial charge in [-0.3, -0.25) is 4.79 Å². The molecule has 6 nitrogen and oxygen atoms in total. The summed E-state index contributed by atoms with van der Waals surface area (Å²) in [6.45, 7) is 0.455. The van der Waals surface area contributed by atoms with E-state index in [1.807, 2.05) is 28.1 Å². The van der Waals surface area contributed by atoms with Gasteiger partial charge in [-0.2, -0.15) is 0 Å². The van der Waals surface area contributed by atoms with Crippen LogP contribution in [0.15, 0.2) is 41.0 Å². The summed E-state index contributed by atoms with van der Waals surface area (Å²) in [7, 11) is 0. The molecular formula is C15H14ClN5OS2. The summed E-state index contributed by atoms with van der Waals surface area (Å²) in [5, 5.41) is 11.7. The van der Waals surface area contributed by atoms with Crippen LogP contribution in [0.5, 0.6) is 0 Å². The molecule has 0 aliphatic carbocycles. The van der Waals surface area contributed by atoms with Crippen molar-refractivity contribution in [3.63, 3.8) is 0 Å². The third-order valence-corrected chi connectivity index (χ3v) is 5.32. The number of hydrogen-bond acceptors (Lipinski definition) is 6. The normalized spacial score (nSPS) is 10.9. The molecule has 24 heavy (non-hydrogen) atoms. The molecule has 0 atom stereocenters. The van der Waals surface area contributed by atoms with Gasteiger partial charge in [0.05, 0.1) is 4.88 Å². The molecule has 9 heteroatoms. The quantitative estimate of drug-likeness (QED) is 0.503. The first-order valence-electron chi connectivity index (χ1n) is 7.12. The minimum absolute atomic E-state index is 0.243. The van der Waals surface area contributed by atoms with Crippen LogP contribution < -0.4 is 5.73 Å². The molecule has 0 unspecified atom stereocenters. The van der Waals surface area contributed by atoms with E-state index in [-0.39, 0.29) is 12.3 Å². The lowest BCUT2D eigenvalue weighted by atomic mass is 10.3. The molecule has 0 aliphatic heterocycles. The molecule has 3 aromatic rings. The number of halogens is 1. The number of nitrogens with zero attached hydrogens (tertiary/aromatic N) is 4. The fourth-order valence-electron chi connectivity index (χ4n) is 2.05. The molecule has 0 aromatic carbocycles. The molecule has 1 amide bonds. The minimum Gasteiger partial charge on any atom is -0.370 e. The Morgan fingerprint density at radius 3 is 2.88 bits per heavy atom. The Kier molecular flexibility index (Phi) is 5.49. The fraction of sp³-hybridized carbons (Fsp3) is 0.200. The summed E-state index contributed by atoms with van der Waals surface area (Å²) in [5.74, 6) is 1.09. The Labute approximate surface area is 152 Å². The Hall–Kier alpha value is -1.90. The third-order valence-electron chi connectivity index (χ3n) is 3.20. The van der Waals surface area contributed by atoms with Crippen LogP contribution in [-0.2, 0) is 17.1 Å². The van der Waals surface area contributed by atoms with Crippen LogP contribution in [0.3, 0.4) is 0 Å². The highest BCUT2D eigenvalue weighted by atomic mass is 35.5. The van der Waals surface area contributed by atoms with Gasteiger partial charge in [-0.1, -0.05) is 35.5 Å². The summed E-state index contributed by atoms with van der Waals surface area (Å²) < 4.78 is 1.94. The van der Waals surface area contributed by atoms with Gasteiger partial charge < -0.3 is 10.3 Å². The number of nitrogens with two attached hydrogens (primary N) is 1. The molecule has 2 N–H and O–H groups in total. The van der Waals surface area contributed by atoms with Gasteiger partial charge in [0, 0.05) is 24.9 Å². The maximum Gasteiger partial charge on any atom is 0.219 e. The smallest absolute Gasteiger partial charge is 0.219 e. The van der Waals surface area contributed by atoms with Crippen molar-refractivity contribution in [3.05, 3.63) is 46.6 Å². The summed E-state index contributed by atoms with van der Waals surface area (Å²) >= 11 is 8.91. The van der Waals surface area contributed by atoms with E-state index in [9.17, 15) is 4.79 Å². The van der Waals surface area contributed by atoms with Crippen molar-refractivity contribution in [2.75, 3.05) is 0 Å². The van der Waals surface area contributed by atoms with Gasteiger partial charge in [0.25, 0.3) is 0 Å². The molecule has 0 aliphatic rings. The number of amides is 1. The monoisotopic (exact) mass is 379 g/mol. The third kappa shape index (κ3) is 4.14. The fourth-order valence-corrected chi connectivity index (χ4v) is 3.77. The van der Waals surface area contributed by atoms with Gasteiger partial charge in [-0.05, 0) is 23.1 Å². The average molecular weight is 380 g/mol. The first-order valence-corrected chi connectivity index (χ1v) is 9.36. The summed E-state index contributed by atoms with van der Waals surface area (Å²) in [4.78, 5) is 16.2. The predicted molar refractivity (Wildman–Crippen MR) is 96.0 cm³/mol. The minimum atomic E-state index is -0.348. The Morgan fingerprint density at radius 1 is 1.33 bits per heavy atom. The molecule has 0 bridgehead atoms. The van der Waals surface area contributed by atoms with Crippen LogP contribution in [0.2, 0.25) is 5.15 Å². The van der Waals surface area contributed by atoms with Gasteiger partial charge in [-0.25, -0.2) is 4.98 Å². The Bertz CT molecular complexity index is 817. The first-order chi connectivity index (χ1) is 11.6. The number of aromatic nitrogens is 4. The van der Waals surface area contributed by atoms with E-state index in [1.165, 1.54) is 11.8 Å². The van der Waals surface area contributed by atoms with Crippen molar-refractivity contribution in [3.8, 4) is 10.7 Å². The maximum absolute atomic E-state index is 11.2. The van der Waals surface area contributed by atoms with Crippen molar-refractivity contribution in [1.29, 1.82) is 0 Å². The molecule has 0 fully saturated rings. The lowest BCUT2D eigenvalue weighted by Gasteiger charge is -2.08. The number of primary amides is 1. The van der Waals surface area contributed by atoms with E-state index in [0.717, 1.165) is 21.4 Å². The second kappa shape index (κ2) is 7.78. The van der Waals surface area contributed by atoms with E-state index < -0.39 is 0 Å². The standard InChI is InChI=1S/C15H14ClN5OS2/c16-12-4-3-10(8-18-12)9-24-15-20-19-14(11-2-1-7-23-11)21(15)6-5-13(17)22/h1-4,7-8H,5-6,9H2,(H2,17,22). The summed E-state index contributed by atoms with van der Waals surface area (Å²) in [5.41, 5.74) is 6.32. The van der Waals surface area contributed by atoms with E-state index in [1.54, 1.807) is 23.6 Å². The number of thioether (sulfide) groups is 1. The lowest BCUT2D eigenvalue weighted by Crippen LogP contribution is -2.14. The van der Waals surface area contributed by atoms with Crippen LogP contribution in [-0.4, -0.2) is 25.7 Å². The average Bonchev–Trinajstić information content (AvgIpc) is 3.21. The zero-order valence-electron chi connectivity index (χ0n) is 12.6. The highest BCUT2D eigenvalue weighted by molar-refractivity contribution is 7.98. The number of hydrogen-bond donors (Lipinski definition) is 1. The second-order valence-corrected chi connectivity index (χ2v) is 7.21. The Balaban J connectivity index is 1.81. The molecule has 124 valence electrons. The van der Waals surface area contributed by atoms with Crippen molar-refractivity contribution in [1.82, 2.24) is 19.7 Å². The summed E-state index contributed by atoms with van der Waals surface area (Å²) in [6, 6.07) is 7.62. The number of carbonyl (C=O) groups is 1. The summed E-state index contributed by atoms with van der Waals surface area (Å²) in [6.07, 6.45) is 1.98. The Morgan fingerprint density at radius 2 is 2.21 bits per heavy atom. The number of rotatable bonds is 7. The molecule has 0 spiro atoms. The van der Waals surface area contributed by atoms with Crippen LogP contribution >= 0.6 is 34.7 Å². The molecule has 0 radical (unpaired) electrons. The van der Waals surface area contributed by atoms with Gasteiger partial charge in [0.1, 0.15) is 5.15 Å². The van der Waals surface area contributed by atoms with Crippen LogP contribution in [0.4, 0.5) is 0 Å². The van der Waals surface area contributed by atoms with E-state index >= 15 is 0 Å². The van der Waals surface area contributed by atoms with Crippen molar-refractivity contribution in [2.24, 2.45) is 5.73 Å².